The highest BCUT2D eigenvalue weighted by Crippen LogP contribution is 2.47. The molecule has 0 radical (unpaired) electrons. The topological polar surface area (TPSA) is 107 Å². The van der Waals surface area contributed by atoms with E-state index in [1.165, 1.54) is 0 Å². The predicted molar refractivity (Wildman–Crippen MR) is 150 cm³/mol. The Morgan fingerprint density at radius 1 is 1.02 bits per heavy atom. The van der Waals surface area contributed by atoms with E-state index in [0.29, 0.717) is 63.0 Å². The minimum Gasteiger partial charge on any atom is -0.496 e. The molecule has 1 saturated carbocycles. The molecule has 2 aromatic carbocycles. The van der Waals surface area contributed by atoms with E-state index in [9.17, 15) is 4.79 Å². The third-order valence-electron chi connectivity index (χ3n) is 8.30. The standard InChI is InChI=1S/C29H28Cl2N4O5/c1-37-24-13-18(9-10-20(24)28-32-29(36)40-34-28)35-16-7-8-17(35)12-19(11-16)38-14-21-26(33-39-27(21)15-5-6-15)25-22(30)3-2-4-23(25)31/h2-4,9-10,13,15-17,19H,5-8,11-12,14H2,1H3,(H,32,34,36)/t16-,17+,19+. The SMILES string of the molecule is COc1cc(N2[C@@H]3CC[C@H]2C[C@@H](OCc2c(-c4c(Cl)cccc4Cl)noc2C2CC2)C3)ccc1-c1noc(=O)[nH]1. The van der Waals surface area contributed by atoms with Gasteiger partial charge in [0.2, 0.25) is 0 Å². The van der Waals surface area contributed by atoms with Crippen LogP contribution in [0.25, 0.3) is 22.6 Å². The van der Waals surface area contributed by atoms with Crippen molar-refractivity contribution in [3.05, 3.63) is 68.3 Å². The van der Waals surface area contributed by atoms with E-state index in [1.54, 1.807) is 7.11 Å². The van der Waals surface area contributed by atoms with Crippen molar-refractivity contribution in [3.63, 3.8) is 0 Å². The highest BCUT2D eigenvalue weighted by Gasteiger charge is 2.42. The molecule has 2 aromatic heterocycles. The van der Waals surface area contributed by atoms with Crippen LogP contribution in [0.2, 0.25) is 10.0 Å². The van der Waals surface area contributed by atoms with Gasteiger partial charge in [0.1, 0.15) is 17.2 Å². The number of aromatic amines is 1. The first-order valence-corrected chi connectivity index (χ1v) is 14.3. The molecule has 0 amide bonds. The minimum absolute atomic E-state index is 0.117. The van der Waals surface area contributed by atoms with Crippen LogP contribution in [0.5, 0.6) is 5.75 Å². The minimum atomic E-state index is -0.598. The Hall–Kier alpha value is -3.27. The Morgan fingerprint density at radius 3 is 2.42 bits per heavy atom. The number of aromatic nitrogens is 3. The molecule has 1 N–H and O–H groups in total. The van der Waals surface area contributed by atoms with Crippen LogP contribution in [-0.4, -0.2) is 40.6 Å². The average molecular weight is 583 g/mol. The quantitative estimate of drug-likeness (QED) is 0.248. The molecule has 40 heavy (non-hydrogen) atoms. The van der Waals surface area contributed by atoms with Crippen LogP contribution in [0.1, 0.15) is 55.8 Å². The number of hydrogen-bond donors (Lipinski definition) is 1. The number of ether oxygens (including phenoxy) is 2. The molecule has 0 unspecified atom stereocenters. The van der Waals surface area contributed by atoms with Crippen LogP contribution in [0.3, 0.4) is 0 Å². The second kappa shape index (κ2) is 10.3. The van der Waals surface area contributed by atoms with Crippen molar-refractivity contribution in [3.8, 4) is 28.4 Å². The summed E-state index contributed by atoms with van der Waals surface area (Å²) in [5.74, 6) is 1.66. The average Bonchev–Trinajstić information content (AvgIpc) is 3.48. The fraction of sp³-hybridized carbons (Fsp3) is 0.414. The van der Waals surface area contributed by atoms with Crippen LogP contribution in [0, 0.1) is 0 Å². The van der Waals surface area contributed by atoms with Gasteiger partial charge >= 0.3 is 5.76 Å². The molecule has 4 heterocycles. The molecule has 9 nitrogen and oxygen atoms in total. The van der Waals surface area contributed by atoms with Crippen LogP contribution in [0.15, 0.2) is 50.2 Å². The highest BCUT2D eigenvalue weighted by atomic mass is 35.5. The van der Waals surface area contributed by atoms with Gasteiger partial charge in [0.05, 0.1) is 35.4 Å². The van der Waals surface area contributed by atoms with Gasteiger partial charge in [0.25, 0.3) is 0 Å². The molecule has 4 aromatic rings. The van der Waals surface area contributed by atoms with E-state index >= 15 is 0 Å². The normalized spacial score (nSPS) is 22.2. The maximum absolute atomic E-state index is 11.4. The number of benzene rings is 2. The fourth-order valence-electron chi connectivity index (χ4n) is 6.32. The van der Waals surface area contributed by atoms with Gasteiger partial charge < -0.3 is 18.9 Å². The number of hydrogen-bond acceptors (Lipinski definition) is 8. The van der Waals surface area contributed by atoms with Crippen molar-refractivity contribution in [1.29, 1.82) is 0 Å². The van der Waals surface area contributed by atoms with Gasteiger partial charge in [-0.3, -0.25) is 9.51 Å². The van der Waals surface area contributed by atoms with E-state index in [2.05, 4.69) is 30.8 Å². The summed E-state index contributed by atoms with van der Waals surface area (Å²) in [7, 11) is 1.61. The number of halogens is 2. The summed E-state index contributed by atoms with van der Waals surface area (Å²) in [6, 6.07) is 12.1. The number of anilines is 1. The maximum Gasteiger partial charge on any atom is 0.439 e. The molecular weight excluding hydrogens is 555 g/mol. The second-order valence-corrected chi connectivity index (χ2v) is 11.6. The molecule has 0 spiro atoms. The van der Waals surface area contributed by atoms with E-state index in [1.807, 2.05) is 30.3 Å². The Kier molecular flexibility index (Phi) is 6.60. The number of nitrogens with zero attached hydrogens (tertiary/aromatic N) is 3. The van der Waals surface area contributed by atoms with Crippen LogP contribution >= 0.6 is 23.2 Å². The maximum atomic E-state index is 11.4. The second-order valence-electron chi connectivity index (χ2n) is 10.8. The molecule has 7 rings (SSSR count). The number of nitrogens with one attached hydrogen (secondary N) is 1. The zero-order valence-corrected chi connectivity index (χ0v) is 23.4. The van der Waals surface area contributed by atoms with E-state index < -0.39 is 5.76 Å². The van der Waals surface area contributed by atoms with Gasteiger partial charge in [-0.1, -0.05) is 39.6 Å². The zero-order chi connectivity index (χ0) is 27.4. The predicted octanol–water partition coefficient (Wildman–Crippen LogP) is 6.59. The summed E-state index contributed by atoms with van der Waals surface area (Å²) in [5, 5.41) is 9.30. The molecule has 208 valence electrons. The summed E-state index contributed by atoms with van der Waals surface area (Å²) >= 11 is 13.1. The van der Waals surface area contributed by atoms with Gasteiger partial charge in [-0.15, -0.1) is 0 Å². The van der Waals surface area contributed by atoms with Crippen molar-refractivity contribution in [2.75, 3.05) is 12.0 Å². The molecule has 2 bridgehead atoms. The van der Waals surface area contributed by atoms with Crippen LogP contribution < -0.4 is 15.4 Å². The Balaban J connectivity index is 1.09. The summed E-state index contributed by atoms with van der Waals surface area (Å²) in [5.41, 5.74) is 4.10. The van der Waals surface area contributed by atoms with Crippen LogP contribution in [0.4, 0.5) is 5.69 Å². The number of H-pyrrole nitrogens is 1. The number of methoxy groups -OCH3 is 1. The van der Waals surface area contributed by atoms with Crippen molar-refractivity contribution < 1.29 is 18.5 Å². The lowest BCUT2D eigenvalue weighted by Gasteiger charge is -2.40. The molecule has 2 aliphatic heterocycles. The van der Waals surface area contributed by atoms with Crippen molar-refractivity contribution >= 4 is 28.9 Å². The Morgan fingerprint density at radius 2 is 1.77 bits per heavy atom. The van der Waals surface area contributed by atoms with E-state index in [0.717, 1.165) is 55.5 Å². The van der Waals surface area contributed by atoms with Gasteiger partial charge in [-0.25, -0.2) is 4.79 Å². The molecule has 3 atom stereocenters. The van der Waals surface area contributed by atoms with Crippen LogP contribution in [-0.2, 0) is 11.3 Å². The lowest BCUT2D eigenvalue weighted by atomic mass is 9.98. The Bertz CT molecular complexity index is 1580. The molecule has 11 heteroatoms. The third-order valence-corrected chi connectivity index (χ3v) is 8.93. The van der Waals surface area contributed by atoms with Gasteiger partial charge in [-0.2, -0.15) is 0 Å². The number of fused-ring (bicyclic) bond motifs is 2. The first kappa shape index (κ1) is 25.7. The fourth-order valence-corrected chi connectivity index (χ4v) is 6.89. The van der Waals surface area contributed by atoms with E-state index in [-0.39, 0.29) is 6.10 Å². The lowest BCUT2D eigenvalue weighted by Crippen LogP contribution is -2.45. The van der Waals surface area contributed by atoms with Crippen molar-refractivity contribution in [2.45, 2.75) is 69.2 Å². The summed E-state index contributed by atoms with van der Waals surface area (Å²) in [4.78, 5) is 16.5. The summed E-state index contributed by atoms with van der Waals surface area (Å²) in [6.07, 6.45) is 6.35. The summed E-state index contributed by atoms with van der Waals surface area (Å²) in [6.45, 7) is 0.411. The number of rotatable bonds is 8. The molecular formula is C29H28Cl2N4O5. The van der Waals surface area contributed by atoms with Gasteiger partial charge in [-0.05, 0) is 62.8 Å². The van der Waals surface area contributed by atoms with Gasteiger partial charge in [0, 0.05) is 40.9 Å². The molecule has 2 saturated heterocycles. The largest absolute Gasteiger partial charge is 0.496 e. The van der Waals surface area contributed by atoms with E-state index in [4.69, 9.17) is 37.2 Å². The van der Waals surface area contributed by atoms with Gasteiger partial charge in [0.15, 0.2) is 5.82 Å². The molecule has 3 fully saturated rings. The van der Waals surface area contributed by atoms with Crippen molar-refractivity contribution in [1.82, 2.24) is 15.3 Å². The third kappa shape index (κ3) is 4.60. The summed E-state index contributed by atoms with van der Waals surface area (Å²) < 4.78 is 22.7. The first-order chi connectivity index (χ1) is 19.5. The smallest absolute Gasteiger partial charge is 0.439 e. The highest BCUT2D eigenvalue weighted by molar-refractivity contribution is 6.39. The molecule has 3 aliphatic rings. The number of piperidine rings is 1. The zero-order valence-electron chi connectivity index (χ0n) is 21.9. The monoisotopic (exact) mass is 582 g/mol. The van der Waals surface area contributed by atoms with Crippen molar-refractivity contribution in [2.24, 2.45) is 0 Å². The Labute approximate surface area is 240 Å². The first-order valence-electron chi connectivity index (χ1n) is 13.6. The lowest BCUT2D eigenvalue weighted by molar-refractivity contribution is 0.0147. The molecule has 1 aliphatic carbocycles.